The fourth-order valence-corrected chi connectivity index (χ4v) is 3.46. The molecule has 5 nitrogen and oxygen atoms in total. The van der Waals surface area contributed by atoms with E-state index in [9.17, 15) is 13.2 Å². The van der Waals surface area contributed by atoms with Gasteiger partial charge in [0.1, 0.15) is 0 Å². The van der Waals surface area contributed by atoms with Gasteiger partial charge in [0.25, 0.3) is 0 Å². The molecule has 0 aliphatic rings. The predicted molar refractivity (Wildman–Crippen MR) is 93.7 cm³/mol. The zero-order valence-electron chi connectivity index (χ0n) is 12.7. The van der Waals surface area contributed by atoms with E-state index in [-0.39, 0.29) is 4.90 Å². The van der Waals surface area contributed by atoms with Crippen LogP contribution in [0.5, 0.6) is 0 Å². The minimum absolute atomic E-state index is 0.128. The fraction of sp³-hybridized carbons (Fsp3) is 0.188. The Kier molecular flexibility index (Phi) is 5.56. The van der Waals surface area contributed by atoms with E-state index in [1.807, 2.05) is 13.0 Å². The third-order valence-corrected chi connectivity index (χ3v) is 5.44. The van der Waals surface area contributed by atoms with Gasteiger partial charge in [-0.25, -0.2) is 8.42 Å². The van der Waals surface area contributed by atoms with Crippen LogP contribution < -0.4 is 10.0 Å². The Morgan fingerprint density at radius 1 is 1.09 bits per heavy atom. The molecular weight excluding hydrogens is 380 g/mol. The minimum atomic E-state index is -3.75. The van der Waals surface area contributed by atoms with Crippen molar-refractivity contribution in [1.29, 1.82) is 0 Å². The molecule has 23 heavy (non-hydrogen) atoms. The number of anilines is 1. The van der Waals surface area contributed by atoms with Crippen LogP contribution in [0.15, 0.2) is 57.9 Å². The number of carbonyl (C=O) groups is 1. The van der Waals surface area contributed by atoms with E-state index in [1.54, 1.807) is 30.3 Å². The quantitative estimate of drug-likeness (QED) is 0.815. The maximum Gasteiger partial charge on any atom is 0.242 e. The summed E-state index contributed by atoms with van der Waals surface area (Å²) in [5.74, 6) is -0.437. The van der Waals surface area contributed by atoms with Crippen molar-refractivity contribution in [2.45, 2.75) is 24.8 Å². The molecule has 1 unspecified atom stereocenters. The lowest BCUT2D eigenvalue weighted by molar-refractivity contribution is -0.117. The third-order valence-electron chi connectivity index (χ3n) is 3.19. The standard InChI is InChI=1S/C16H17BrN2O3S/c1-11-7-9-13(10-8-11)23(21,22)19-12(2)16(20)18-15-6-4-3-5-14(15)17/h3-10,12,19H,1-2H3,(H,18,20). The van der Waals surface area contributed by atoms with Crippen LogP contribution in [0.2, 0.25) is 0 Å². The molecule has 0 saturated carbocycles. The van der Waals surface area contributed by atoms with Crippen LogP contribution in [0.1, 0.15) is 12.5 Å². The fourth-order valence-electron chi connectivity index (χ4n) is 1.88. The number of hydrogen-bond donors (Lipinski definition) is 2. The molecule has 0 aliphatic heterocycles. The maximum atomic E-state index is 12.3. The Morgan fingerprint density at radius 2 is 1.70 bits per heavy atom. The molecular formula is C16H17BrN2O3S. The Bertz CT molecular complexity index is 804. The van der Waals surface area contributed by atoms with Gasteiger partial charge < -0.3 is 5.32 Å². The third kappa shape index (κ3) is 4.63. The molecule has 0 saturated heterocycles. The van der Waals surface area contributed by atoms with Crippen molar-refractivity contribution in [3.63, 3.8) is 0 Å². The van der Waals surface area contributed by atoms with Crippen LogP contribution in [0.3, 0.4) is 0 Å². The molecule has 1 amide bonds. The summed E-state index contributed by atoms with van der Waals surface area (Å²) in [5.41, 5.74) is 1.54. The molecule has 0 radical (unpaired) electrons. The molecule has 0 fully saturated rings. The normalized spacial score (nSPS) is 12.7. The maximum absolute atomic E-state index is 12.3. The number of sulfonamides is 1. The summed E-state index contributed by atoms with van der Waals surface area (Å²) in [6.07, 6.45) is 0. The van der Waals surface area contributed by atoms with E-state index in [1.165, 1.54) is 19.1 Å². The second kappa shape index (κ2) is 7.25. The van der Waals surface area contributed by atoms with Crippen LogP contribution in [0.4, 0.5) is 5.69 Å². The topological polar surface area (TPSA) is 75.3 Å². The molecule has 2 aromatic carbocycles. The first-order valence-corrected chi connectivity index (χ1v) is 9.21. The molecule has 0 bridgehead atoms. The molecule has 0 heterocycles. The lowest BCUT2D eigenvalue weighted by atomic mass is 10.2. The smallest absolute Gasteiger partial charge is 0.242 e. The molecule has 122 valence electrons. The average molecular weight is 397 g/mol. The van der Waals surface area contributed by atoms with E-state index in [0.29, 0.717) is 5.69 Å². The molecule has 7 heteroatoms. The number of nitrogens with one attached hydrogen (secondary N) is 2. The molecule has 2 aromatic rings. The monoisotopic (exact) mass is 396 g/mol. The molecule has 2 N–H and O–H groups in total. The molecule has 0 spiro atoms. The van der Waals surface area contributed by atoms with Gasteiger partial charge in [-0.15, -0.1) is 0 Å². The first-order chi connectivity index (χ1) is 10.8. The summed E-state index contributed by atoms with van der Waals surface area (Å²) in [6, 6.07) is 12.6. The highest BCUT2D eigenvalue weighted by molar-refractivity contribution is 9.10. The van der Waals surface area contributed by atoms with Gasteiger partial charge in [-0.05, 0) is 54.0 Å². The molecule has 0 aromatic heterocycles. The number of hydrogen-bond acceptors (Lipinski definition) is 3. The zero-order chi connectivity index (χ0) is 17.0. The van der Waals surface area contributed by atoms with Gasteiger partial charge in [0.2, 0.25) is 15.9 Å². The Labute approximate surface area is 144 Å². The van der Waals surface area contributed by atoms with E-state index < -0.39 is 22.0 Å². The number of para-hydroxylation sites is 1. The number of aryl methyl sites for hydroxylation is 1. The van der Waals surface area contributed by atoms with Crippen LogP contribution in [0, 0.1) is 6.92 Å². The largest absolute Gasteiger partial charge is 0.324 e. The summed E-state index contributed by atoms with van der Waals surface area (Å²) in [5, 5.41) is 2.68. The van der Waals surface area contributed by atoms with E-state index in [4.69, 9.17) is 0 Å². The highest BCUT2D eigenvalue weighted by Gasteiger charge is 2.22. The zero-order valence-corrected chi connectivity index (χ0v) is 15.1. The summed E-state index contributed by atoms with van der Waals surface area (Å²) in [7, 11) is -3.75. The van der Waals surface area contributed by atoms with Crippen molar-refractivity contribution in [3.05, 3.63) is 58.6 Å². The van der Waals surface area contributed by atoms with E-state index in [0.717, 1.165) is 10.0 Å². The van der Waals surface area contributed by atoms with Gasteiger partial charge >= 0.3 is 0 Å². The number of amides is 1. The Morgan fingerprint density at radius 3 is 2.30 bits per heavy atom. The van der Waals surface area contributed by atoms with Gasteiger partial charge in [0.05, 0.1) is 16.6 Å². The molecule has 2 rings (SSSR count). The summed E-state index contributed by atoms with van der Waals surface area (Å²) >= 11 is 3.33. The van der Waals surface area contributed by atoms with Crippen LogP contribution in [0.25, 0.3) is 0 Å². The van der Waals surface area contributed by atoms with Crippen molar-refractivity contribution < 1.29 is 13.2 Å². The highest BCUT2D eigenvalue weighted by Crippen LogP contribution is 2.21. The van der Waals surface area contributed by atoms with Crippen LogP contribution in [-0.4, -0.2) is 20.4 Å². The SMILES string of the molecule is Cc1ccc(S(=O)(=O)NC(C)C(=O)Nc2ccccc2Br)cc1. The van der Waals surface area contributed by atoms with E-state index in [2.05, 4.69) is 26.0 Å². The number of halogens is 1. The minimum Gasteiger partial charge on any atom is -0.324 e. The number of rotatable bonds is 5. The van der Waals surface area contributed by atoms with Gasteiger partial charge in [-0.3, -0.25) is 4.79 Å². The predicted octanol–water partition coefficient (Wildman–Crippen LogP) is 3.06. The van der Waals surface area contributed by atoms with Gasteiger partial charge in [-0.2, -0.15) is 4.72 Å². The van der Waals surface area contributed by atoms with Crippen LogP contribution >= 0.6 is 15.9 Å². The van der Waals surface area contributed by atoms with Gasteiger partial charge in [0, 0.05) is 4.47 Å². The van der Waals surface area contributed by atoms with Crippen molar-refractivity contribution in [3.8, 4) is 0 Å². The average Bonchev–Trinajstić information content (AvgIpc) is 2.49. The van der Waals surface area contributed by atoms with Gasteiger partial charge in [-0.1, -0.05) is 29.8 Å². The summed E-state index contributed by atoms with van der Waals surface area (Å²) in [4.78, 5) is 12.3. The van der Waals surface area contributed by atoms with Crippen molar-refractivity contribution in [1.82, 2.24) is 4.72 Å². The van der Waals surface area contributed by atoms with Gasteiger partial charge in [0.15, 0.2) is 0 Å². The second-order valence-electron chi connectivity index (χ2n) is 5.13. The Hall–Kier alpha value is -1.70. The first kappa shape index (κ1) is 17.7. The number of carbonyl (C=O) groups excluding carboxylic acids is 1. The molecule has 1 atom stereocenters. The van der Waals surface area contributed by atoms with Crippen molar-refractivity contribution >= 4 is 37.5 Å². The first-order valence-electron chi connectivity index (χ1n) is 6.94. The van der Waals surface area contributed by atoms with Crippen molar-refractivity contribution in [2.24, 2.45) is 0 Å². The summed E-state index contributed by atoms with van der Waals surface area (Å²) in [6.45, 7) is 3.37. The lowest BCUT2D eigenvalue weighted by Gasteiger charge is -2.15. The summed E-state index contributed by atoms with van der Waals surface area (Å²) < 4.78 is 27.7. The Balaban J connectivity index is 2.08. The highest BCUT2D eigenvalue weighted by atomic mass is 79.9. The second-order valence-corrected chi connectivity index (χ2v) is 7.69. The lowest BCUT2D eigenvalue weighted by Crippen LogP contribution is -2.41. The van der Waals surface area contributed by atoms with E-state index >= 15 is 0 Å². The van der Waals surface area contributed by atoms with Crippen molar-refractivity contribution in [2.75, 3.05) is 5.32 Å². The number of benzene rings is 2. The van der Waals surface area contributed by atoms with Crippen LogP contribution in [-0.2, 0) is 14.8 Å². The molecule has 0 aliphatic carbocycles.